The molecule has 1 aliphatic rings. The van der Waals surface area contributed by atoms with Gasteiger partial charge in [0, 0.05) is 23.3 Å². The zero-order chi connectivity index (χ0) is 15.5. The second kappa shape index (κ2) is 6.26. The molecule has 0 spiro atoms. The van der Waals surface area contributed by atoms with E-state index in [9.17, 15) is 9.59 Å². The minimum Gasteiger partial charge on any atom is -0.336 e. The summed E-state index contributed by atoms with van der Waals surface area (Å²) in [4.78, 5) is 25.3. The quantitative estimate of drug-likeness (QED) is 0.819. The monoisotopic (exact) mass is 289 g/mol. The van der Waals surface area contributed by atoms with Crippen LogP contribution in [0.3, 0.4) is 0 Å². The first-order valence-corrected chi connectivity index (χ1v) is 7.26. The van der Waals surface area contributed by atoms with Crippen molar-refractivity contribution in [1.29, 1.82) is 0 Å². The molecule has 21 heavy (non-hydrogen) atoms. The van der Waals surface area contributed by atoms with Crippen molar-refractivity contribution in [2.24, 2.45) is 0 Å². The number of carbonyl (C=O) groups is 2. The number of ketones is 1. The maximum Gasteiger partial charge on any atom is 0.319 e. The van der Waals surface area contributed by atoms with Gasteiger partial charge in [-0.2, -0.15) is 0 Å². The summed E-state index contributed by atoms with van der Waals surface area (Å²) in [5, 5.41) is 5.72. The molecule has 0 heterocycles. The van der Waals surface area contributed by atoms with Gasteiger partial charge in [0.15, 0.2) is 5.78 Å². The normalized spacial score (nSPS) is 16.2. The summed E-state index contributed by atoms with van der Waals surface area (Å²) in [5.74, 6) is 0.0175. The molecule has 0 radical (unpaired) electrons. The smallest absolute Gasteiger partial charge is 0.319 e. The SMILES string of the molecule is CC(=O)c1ccc(NC(=O)NCC2(N(C)C)CCC2)cc1. The predicted octanol–water partition coefficient (Wildman–Crippen LogP) is 2.50. The lowest BCUT2D eigenvalue weighted by Gasteiger charge is -2.47. The van der Waals surface area contributed by atoms with E-state index in [2.05, 4.69) is 29.6 Å². The van der Waals surface area contributed by atoms with Gasteiger partial charge in [-0.3, -0.25) is 4.79 Å². The lowest BCUT2D eigenvalue weighted by Crippen LogP contribution is -2.57. The van der Waals surface area contributed by atoms with Crippen LogP contribution in [0.5, 0.6) is 0 Å². The number of anilines is 1. The number of benzene rings is 1. The predicted molar refractivity (Wildman–Crippen MR) is 83.7 cm³/mol. The molecule has 1 saturated carbocycles. The molecule has 0 aromatic heterocycles. The molecule has 2 amide bonds. The van der Waals surface area contributed by atoms with Gasteiger partial charge in [-0.1, -0.05) is 0 Å². The number of rotatable bonds is 5. The number of nitrogens with one attached hydrogen (secondary N) is 2. The van der Waals surface area contributed by atoms with Crippen LogP contribution in [0.4, 0.5) is 10.5 Å². The fourth-order valence-electron chi connectivity index (χ4n) is 2.58. The second-order valence-corrected chi connectivity index (χ2v) is 5.91. The Labute approximate surface area is 125 Å². The Hall–Kier alpha value is -1.88. The number of Topliss-reactive ketones (excluding diaryl/α,β-unsaturated/α-hetero) is 1. The fraction of sp³-hybridized carbons (Fsp3) is 0.500. The van der Waals surface area contributed by atoms with Crippen molar-refractivity contribution < 1.29 is 9.59 Å². The van der Waals surface area contributed by atoms with Gasteiger partial charge in [0.2, 0.25) is 0 Å². The third-order valence-electron chi connectivity index (χ3n) is 4.36. The highest BCUT2D eigenvalue weighted by atomic mass is 16.2. The molecule has 5 heteroatoms. The van der Waals surface area contributed by atoms with Gasteiger partial charge in [-0.15, -0.1) is 0 Å². The highest BCUT2D eigenvalue weighted by Gasteiger charge is 2.39. The van der Waals surface area contributed by atoms with Crippen molar-refractivity contribution in [2.75, 3.05) is 26.0 Å². The van der Waals surface area contributed by atoms with Gasteiger partial charge in [-0.25, -0.2) is 4.79 Å². The number of hydrogen-bond acceptors (Lipinski definition) is 3. The van der Waals surface area contributed by atoms with Crippen molar-refractivity contribution in [2.45, 2.75) is 31.7 Å². The van der Waals surface area contributed by atoms with Crippen molar-refractivity contribution >= 4 is 17.5 Å². The molecule has 1 aromatic carbocycles. The number of nitrogens with zero attached hydrogens (tertiary/aromatic N) is 1. The Morgan fingerprint density at radius 1 is 1.19 bits per heavy atom. The molecule has 0 unspecified atom stereocenters. The van der Waals surface area contributed by atoms with Gasteiger partial charge in [0.1, 0.15) is 0 Å². The standard InChI is InChI=1S/C16H23N3O2/c1-12(20)13-5-7-14(8-6-13)18-15(21)17-11-16(19(2)3)9-4-10-16/h5-8H,4,9-11H2,1-3H3,(H2,17,18,21). The fourth-order valence-corrected chi connectivity index (χ4v) is 2.58. The Morgan fingerprint density at radius 2 is 1.81 bits per heavy atom. The maximum absolute atomic E-state index is 11.9. The van der Waals surface area contributed by atoms with Crippen LogP contribution in [0.1, 0.15) is 36.5 Å². The van der Waals surface area contributed by atoms with Gasteiger partial charge < -0.3 is 15.5 Å². The van der Waals surface area contributed by atoms with Crippen LogP contribution in [0.2, 0.25) is 0 Å². The zero-order valence-electron chi connectivity index (χ0n) is 12.9. The van der Waals surface area contributed by atoms with Crippen LogP contribution >= 0.6 is 0 Å². The van der Waals surface area contributed by atoms with Gasteiger partial charge in [-0.05, 0) is 64.5 Å². The number of urea groups is 1. The molecule has 114 valence electrons. The molecule has 0 atom stereocenters. The van der Waals surface area contributed by atoms with E-state index in [-0.39, 0.29) is 17.4 Å². The number of amides is 2. The number of carbonyl (C=O) groups excluding carboxylic acids is 2. The first-order chi connectivity index (χ1) is 9.93. The largest absolute Gasteiger partial charge is 0.336 e. The Morgan fingerprint density at radius 3 is 2.24 bits per heavy atom. The third-order valence-corrected chi connectivity index (χ3v) is 4.36. The van der Waals surface area contributed by atoms with E-state index in [4.69, 9.17) is 0 Å². The van der Waals surface area contributed by atoms with Crippen LogP contribution in [0.15, 0.2) is 24.3 Å². The van der Waals surface area contributed by atoms with Crippen LogP contribution in [0.25, 0.3) is 0 Å². The van der Waals surface area contributed by atoms with Gasteiger partial charge in [0.25, 0.3) is 0 Å². The first kappa shape index (κ1) is 15.5. The summed E-state index contributed by atoms with van der Waals surface area (Å²) in [6, 6.07) is 6.69. The Balaban J connectivity index is 1.85. The summed E-state index contributed by atoms with van der Waals surface area (Å²) >= 11 is 0. The van der Waals surface area contributed by atoms with E-state index in [1.807, 2.05) is 0 Å². The molecule has 5 nitrogen and oxygen atoms in total. The topological polar surface area (TPSA) is 61.4 Å². The third kappa shape index (κ3) is 3.61. The van der Waals surface area contributed by atoms with Crippen molar-refractivity contribution in [1.82, 2.24) is 10.2 Å². The molecular formula is C16H23N3O2. The maximum atomic E-state index is 11.9. The summed E-state index contributed by atoms with van der Waals surface area (Å²) in [6.45, 7) is 2.17. The lowest BCUT2D eigenvalue weighted by molar-refractivity contribution is 0.0630. The van der Waals surface area contributed by atoms with Crippen molar-refractivity contribution in [3.8, 4) is 0 Å². The van der Waals surface area contributed by atoms with E-state index in [0.29, 0.717) is 17.8 Å². The highest BCUT2D eigenvalue weighted by Crippen LogP contribution is 2.35. The molecule has 1 aromatic rings. The highest BCUT2D eigenvalue weighted by molar-refractivity contribution is 5.95. The summed E-state index contributed by atoms with van der Waals surface area (Å²) in [7, 11) is 4.11. The van der Waals surface area contributed by atoms with Gasteiger partial charge in [0.05, 0.1) is 0 Å². The van der Waals surface area contributed by atoms with Crippen LogP contribution in [-0.4, -0.2) is 42.9 Å². The molecule has 0 saturated heterocycles. The minimum atomic E-state index is -0.210. The zero-order valence-corrected chi connectivity index (χ0v) is 12.9. The Kier molecular flexibility index (Phi) is 4.63. The van der Waals surface area contributed by atoms with Crippen LogP contribution in [0, 0.1) is 0 Å². The minimum absolute atomic E-state index is 0.0175. The van der Waals surface area contributed by atoms with E-state index in [1.54, 1.807) is 24.3 Å². The summed E-state index contributed by atoms with van der Waals surface area (Å²) in [6.07, 6.45) is 3.45. The van der Waals surface area contributed by atoms with Crippen molar-refractivity contribution in [3.63, 3.8) is 0 Å². The Bertz CT molecular complexity index is 519. The first-order valence-electron chi connectivity index (χ1n) is 7.26. The molecule has 1 aliphatic carbocycles. The second-order valence-electron chi connectivity index (χ2n) is 5.91. The average molecular weight is 289 g/mol. The van der Waals surface area contributed by atoms with E-state index < -0.39 is 0 Å². The summed E-state index contributed by atoms with van der Waals surface area (Å²) < 4.78 is 0. The van der Waals surface area contributed by atoms with Crippen LogP contribution < -0.4 is 10.6 Å². The van der Waals surface area contributed by atoms with Crippen LogP contribution in [-0.2, 0) is 0 Å². The molecule has 1 fully saturated rings. The summed E-state index contributed by atoms with van der Waals surface area (Å²) in [5.41, 5.74) is 1.43. The average Bonchev–Trinajstić information content (AvgIpc) is 2.37. The number of likely N-dealkylation sites (N-methyl/N-ethyl adjacent to an activating group) is 1. The molecular weight excluding hydrogens is 266 g/mol. The molecule has 0 bridgehead atoms. The number of hydrogen-bond donors (Lipinski definition) is 2. The molecule has 2 rings (SSSR count). The van der Waals surface area contributed by atoms with Gasteiger partial charge >= 0.3 is 6.03 Å². The van der Waals surface area contributed by atoms with E-state index in [0.717, 1.165) is 12.8 Å². The van der Waals surface area contributed by atoms with E-state index >= 15 is 0 Å². The molecule has 2 N–H and O–H groups in total. The molecule has 0 aliphatic heterocycles. The van der Waals surface area contributed by atoms with Crippen molar-refractivity contribution in [3.05, 3.63) is 29.8 Å². The lowest BCUT2D eigenvalue weighted by atomic mass is 9.75. The van der Waals surface area contributed by atoms with E-state index in [1.165, 1.54) is 13.3 Å².